The minimum atomic E-state index is -2.63. The average Bonchev–Trinajstić information content (AvgIpc) is 2.88. The Labute approximate surface area is 262 Å². The van der Waals surface area contributed by atoms with E-state index in [1.165, 1.54) is 69.5 Å². The van der Waals surface area contributed by atoms with Crippen molar-refractivity contribution in [3.63, 3.8) is 0 Å². The van der Waals surface area contributed by atoms with Gasteiger partial charge in [0.25, 0.3) is 0 Å². The molecular formula is C33H39Cl3SiTi. The Balaban J connectivity index is 0.00000241. The van der Waals surface area contributed by atoms with Crippen LogP contribution in [0.3, 0.4) is 0 Å². The fraction of sp³-hybridized carbons (Fsp3) is 0.333. The van der Waals surface area contributed by atoms with Crippen LogP contribution in [-0.4, -0.2) is 8.07 Å². The van der Waals surface area contributed by atoms with Crippen LogP contribution in [0.15, 0.2) is 75.2 Å². The molecule has 1 aliphatic carbocycles. The third kappa shape index (κ3) is 5.45. The Morgan fingerprint density at radius 2 is 0.737 bits per heavy atom. The molecule has 0 aliphatic heterocycles. The predicted octanol–water partition coefficient (Wildman–Crippen LogP) is -2.05. The number of aryl methyl sites for hydroxylation is 6. The SMILES string of the molecule is CC1=C(C)C(C)([Si](c2cc(C)cc(C)c2)(c2cc(C)cc(C)c2)c2cc(C)cc(C)c2)[C]([Ti+3])=C1C.[Cl-].[Cl-].[Cl-]. The maximum Gasteiger partial charge on any atom is -1.00 e. The molecule has 4 rings (SSSR count). The van der Waals surface area contributed by atoms with Crippen molar-refractivity contribution in [3.8, 4) is 0 Å². The van der Waals surface area contributed by atoms with E-state index in [0.717, 1.165) is 0 Å². The minimum Gasteiger partial charge on any atom is -1.00 e. The van der Waals surface area contributed by atoms with Gasteiger partial charge in [-0.2, -0.15) is 0 Å². The smallest absolute Gasteiger partial charge is 1.00 e. The summed E-state index contributed by atoms with van der Waals surface area (Å²) < 4.78 is 1.54. The second kappa shape index (κ2) is 12.6. The summed E-state index contributed by atoms with van der Waals surface area (Å²) in [7, 11) is -2.63. The van der Waals surface area contributed by atoms with Crippen LogP contribution in [0, 0.1) is 41.5 Å². The van der Waals surface area contributed by atoms with Gasteiger partial charge in [0.15, 0.2) is 0 Å². The first-order chi connectivity index (χ1) is 16.3. The van der Waals surface area contributed by atoms with Crippen LogP contribution >= 0.6 is 0 Å². The van der Waals surface area contributed by atoms with Crippen LogP contribution in [0.4, 0.5) is 0 Å². The minimum absolute atomic E-state index is 0. The van der Waals surface area contributed by atoms with E-state index >= 15 is 0 Å². The van der Waals surface area contributed by atoms with Crippen molar-refractivity contribution in [1.82, 2.24) is 0 Å². The van der Waals surface area contributed by atoms with Crippen molar-refractivity contribution in [2.24, 2.45) is 0 Å². The fourth-order valence-electron chi connectivity index (χ4n) is 6.81. The van der Waals surface area contributed by atoms with Crippen LogP contribution in [0.1, 0.15) is 61.1 Å². The average molecular weight is 618 g/mol. The van der Waals surface area contributed by atoms with E-state index in [1.54, 1.807) is 0 Å². The van der Waals surface area contributed by atoms with Crippen molar-refractivity contribution in [2.75, 3.05) is 0 Å². The van der Waals surface area contributed by atoms with Crippen LogP contribution < -0.4 is 52.8 Å². The maximum absolute atomic E-state index is 2.63. The quantitative estimate of drug-likeness (QED) is 0.234. The van der Waals surface area contributed by atoms with E-state index in [-0.39, 0.29) is 42.3 Å². The Morgan fingerprint density at radius 3 is 0.947 bits per heavy atom. The van der Waals surface area contributed by atoms with Crippen LogP contribution in [-0.2, 0) is 20.4 Å². The fourth-order valence-corrected chi connectivity index (χ4v) is 15.0. The molecule has 1 aliphatic rings. The van der Waals surface area contributed by atoms with Crippen LogP contribution in [0.2, 0.25) is 5.04 Å². The van der Waals surface area contributed by atoms with Gasteiger partial charge in [0.1, 0.15) is 0 Å². The number of halogens is 3. The van der Waals surface area contributed by atoms with Gasteiger partial charge in [0.2, 0.25) is 0 Å². The monoisotopic (exact) mass is 616 g/mol. The molecule has 3 aromatic rings. The molecule has 0 amide bonds. The summed E-state index contributed by atoms with van der Waals surface area (Å²) in [5, 5.41) is 4.50. The molecule has 0 N–H and O–H groups in total. The van der Waals surface area contributed by atoms with Crippen molar-refractivity contribution in [3.05, 3.63) is 109 Å². The van der Waals surface area contributed by atoms with Gasteiger partial charge in [-0.15, -0.1) is 0 Å². The molecule has 1 atom stereocenters. The molecule has 0 nitrogen and oxygen atoms in total. The molecule has 0 radical (unpaired) electrons. The summed E-state index contributed by atoms with van der Waals surface area (Å²) in [6, 6.07) is 22.0. The molecule has 0 aromatic heterocycles. The largest absolute Gasteiger partial charge is 1.00 e. The molecule has 5 heteroatoms. The Bertz CT molecular complexity index is 1210. The molecule has 0 saturated carbocycles. The normalized spacial score (nSPS) is 17.2. The number of allylic oxidation sites excluding steroid dienone is 4. The van der Waals surface area contributed by atoms with Crippen molar-refractivity contribution in [2.45, 2.75) is 74.3 Å². The van der Waals surface area contributed by atoms with E-state index in [9.17, 15) is 0 Å². The first-order valence-corrected chi connectivity index (χ1v) is 15.5. The van der Waals surface area contributed by atoms with E-state index < -0.39 is 8.07 Å². The van der Waals surface area contributed by atoms with E-state index in [1.807, 2.05) is 0 Å². The van der Waals surface area contributed by atoms with Crippen molar-refractivity contribution >= 4 is 23.6 Å². The van der Waals surface area contributed by atoms with Gasteiger partial charge in [-0.25, -0.2) is 0 Å². The zero-order chi connectivity index (χ0) is 25.9. The third-order valence-corrected chi connectivity index (χ3v) is 15.8. The summed E-state index contributed by atoms with van der Waals surface area (Å²) in [4.78, 5) is 0. The molecule has 0 saturated heterocycles. The summed E-state index contributed by atoms with van der Waals surface area (Å²) in [5.74, 6) is 0. The molecule has 1 unspecified atom stereocenters. The van der Waals surface area contributed by atoms with Gasteiger partial charge in [0.05, 0.1) is 0 Å². The molecule has 0 bridgehead atoms. The number of benzene rings is 3. The summed E-state index contributed by atoms with van der Waals surface area (Å²) in [6.07, 6.45) is 0. The van der Waals surface area contributed by atoms with Gasteiger partial charge in [-0.3, -0.25) is 0 Å². The molecule has 200 valence electrons. The van der Waals surface area contributed by atoms with Gasteiger partial charge in [0, 0.05) is 0 Å². The van der Waals surface area contributed by atoms with Gasteiger partial charge < -0.3 is 37.2 Å². The number of hydrogen-bond acceptors (Lipinski definition) is 0. The van der Waals surface area contributed by atoms with Crippen LogP contribution in [0.5, 0.6) is 0 Å². The second-order valence-electron chi connectivity index (χ2n) is 11.3. The third-order valence-electron chi connectivity index (χ3n) is 8.46. The Morgan fingerprint density at radius 1 is 0.474 bits per heavy atom. The molecule has 0 spiro atoms. The summed E-state index contributed by atoms with van der Waals surface area (Å²) in [6.45, 7) is 23.2. The van der Waals surface area contributed by atoms with E-state index in [0.29, 0.717) is 0 Å². The maximum atomic E-state index is 2.57. The first-order valence-electron chi connectivity index (χ1n) is 12.7. The Hall–Kier alpha value is -1.06. The first kappa shape index (κ1) is 35.0. The molecule has 0 heterocycles. The van der Waals surface area contributed by atoms with Crippen molar-refractivity contribution < 1.29 is 57.7 Å². The molecule has 3 aromatic carbocycles. The van der Waals surface area contributed by atoms with Gasteiger partial charge >= 0.3 is 227 Å². The number of hydrogen-bond donors (Lipinski definition) is 0. The van der Waals surface area contributed by atoms with Crippen molar-refractivity contribution in [1.29, 1.82) is 0 Å². The van der Waals surface area contributed by atoms with E-state index in [2.05, 4.69) is 144 Å². The molecule has 38 heavy (non-hydrogen) atoms. The van der Waals surface area contributed by atoms with Gasteiger partial charge in [-0.05, 0) is 0 Å². The molecule has 0 fully saturated rings. The zero-order valence-corrected chi connectivity index (χ0v) is 29.2. The van der Waals surface area contributed by atoms with Gasteiger partial charge in [-0.1, -0.05) is 0 Å². The summed E-state index contributed by atoms with van der Waals surface area (Å²) in [5.41, 5.74) is 12.6. The predicted molar refractivity (Wildman–Crippen MR) is 152 cm³/mol. The summed E-state index contributed by atoms with van der Waals surface area (Å²) >= 11 is 2.41. The zero-order valence-electron chi connectivity index (χ0n) is 24.3. The Kier molecular flexibility index (Phi) is 11.6. The molecular weight excluding hydrogens is 579 g/mol. The second-order valence-corrected chi connectivity index (χ2v) is 16.3. The van der Waals surface area contributed by atoms with E-state index in [4.69, 9.17) is 0 Å². The topological polar surface area (TPSA) is 0 Å². The standard InChI is InChI=1S/C33H39Si.3ClH.Ti/c1-21-11-22(2)15-30(14-21)34(31-16-23(3)12-24(4)17-31,32-18-25(5)13-26(6)19-32)33(10)20-27(7)28(8)29(33)9;;;;/h11-19H,1-10H3;3*1H;/q;;;;+3/p-3. The van der Waals surface area contributed by atoms with Crippen LogP contribution in [0.25, 0.3) is 0 Å². The number of rotatable bonds is 4.